The van der Waals surface area contributed by atoms with E-state index in [1.54, 1.807) is 0 Å². The van der Waals surface area contributed by atoms with E-state index >= 15 is 0 Å². The predicted molar refractivity (Wildman–Crippen MR) is 106 cm³/mol. The Morgan fingerprint density at radius 1 is 1.15 bits per heavy atom. The highest BCUT2D eigenvalue weighted by molar-refractivity contribution is 5.68. The van der Waals surface area contributed by atoms with Gasteiger partial charge in [-0.3, -0.25) is 0 Å². The number of carboxylic acid groups (broad SMARTS) is 1. The zero-order valence-corrected chi connectivity index (χ0v) is 16.5. The van der Waals surface area contributed by atoms with Crippen LogP contribution in [0.15, 0.2) is 18.2 Å². The molecule has 0 radical (unpaired) electrons. The molecule has 0 unspecified atom stereocenters. The van der Waals surface area contributed by atoms with Crippen molar-refractivity contribution >= 4 is 5.97 Å². The SMILES string of the molecule is CCCCCCCC[C@H]1[C@@H]2Cc3cccc(OCC(=O)O)c3C[C@@H]2C[C@@H]1O. The summed E-state index contributed by atoms with van der Waals surface area (Å²) in [6, 6.07) is 5.98. The molecule has 3 rings (SSSR count). The summed E-state index contributed by atoms with van der Waals surface area (Å²) in [5.74, 6) is 1.22. The number of ether oxygens (including phenoxy) is 1. The molecule has 0 saturated heterocycles. The Bertz CT molecular complexity index is 627. The first-order valence-corrected chi connectivity index (χ1v) is 10.7. The third-order valence-corrected chi connectivity index (χ3v) is 6.59. The number of aliphatic hydroxyl groups is 1. The molecule has 1 aromatic rings. The summed E-state index contributed by atoms with van der Waals surface area (Å²) in [6.07, 6.45) is 11.5. The third-order valence-electron chi connectivity index (χ3n) is 6.59. The van der Waals surface area contributed by atoms with E-state index in [-0.39, 0.29) is 12.7 Å². The van der Waals surface area contributed by atoms with Crippen molar-refractivity contribution in [2.45, 2.75) is 77.2 Å². The number of benzene rings is 1. The maximum atomic E-state index is 10.8. The largest absolute Gasteiger partial charge is 0.482 e. The highest BCUT2D eigenvalue weighted by atomic mass is 16.5. The van der Waals surface area contributed by atoms with Crippen LogP contribution in [0.5, 0.6) is 5.75 Å². The van der Waals surface area contributed by atoms with Gasteiger partial charge in [-0.05, 0) is 60.6 Å². The van der Waals surface area contributed by atoms with Crippen LogP contribution in [0.2, 0.25) is 0 Å². The highest BCUT2D eigenvalue weighted by Crippen LogP contribution is 2.48. The van der Waals surface area contributed by atoms with Crippen molar-refractivity contribution in [2.75, 3.05) is 6.61 Å². The Kier molecular flexibility index (Phi) is 7.17. The van der Waals surface area contributed by atoms with Gasteiger partial charge in [0.1, 0.15) is 5.75 Å². The lowest BCUT2D eigenvalue weighted by molar-refractivity contribution is -0.139. The average molecular weight is 375 g/mol. The smallest absolute Gasteiger partial charge is 0.341 e. The van der Waals surface area contributed by atoms with E-state index in [0.717, 1.165) is 31.2 Å². The molecule has 4 heteroatoms. The van der Waals surface area contributed by atoms with E-state index in [4.69, 9.17) is 9.84 Å². The molecule has 0 spiro atoms. The van der Waals surface area contributed by atoms with E-state index in [1.807, 2.05) is 12.1 Å². The van der Waals surface area contributed by atoms with Gasteiger partial charge < -0.3 is 14.9 Å². The Morgan fingerprint density at radius 3 is 2.70 bits per heavy atom. The minimum absolute atomic E-state index is 0.187. The number of fused-ring (bicyclic) bond motifs is 2. The monoisotopic (exact) mass is 374 g/mol. The number of aliphatic hydroxyl groups excluding tert-OH is 1. The molecule has 1 fully saturated rings. The van der Waals surface area contributed by atoms with E-state index in [2.05, 4.69) is 13.0 Å². The Morgan fingerprint density at radius 2 is 1.93 bits per heavy atom. The molecule has 1 saturated carbocycles. The van der Waals surface area contributed by atoms with Gasteiger partial charge in [0.15, 0.2) is 6.61 Å². The summed E-state index contributed by atoms with van der Waals surface area (Å²) >= 11 is 0. The van der Waals surface area contributed by atoms with Crippen molar-refractivity contribution in [1.29, 1.82) is 0 Å². The zero-order chi connectivity index (χ0) is 19.2. The maximum absolute atomic E-state index is 10.8. The van der Waals surface area contributed by atoms with Gasteiger partial charge >= 0.3 is 5.97 Å². The number of aliphatic carboxylic acids is 1. The van der Waals surface area contributed by atoms with Gasteiger partial charge in [-0.25, -0.2) is 4.79 Å². The molecule has 27 heavy (non-hydrogen) atoms. The van der Waals surface area contributed by atoms with Crippen molar-refractivity contribution in [3.05, 3.63) is 29.3 Å². The standard InChI is InChI=1S/C23H34O4/c1-2-3-4-5-6-7-10-18-19-12-16-9-8-11-22(27-15-23(25)26)20(16)13-17(19)14-21(18)24/h8-9,11,17-19,21,24H,2-7,10,12-15H2,1H3,(H,25,26)/t17-,18+,19-,21+/m1/s1. The highest BCUT2D eigenvalue weighted by Gasteiger charge is 2.44. The number of hydrogen-bond donors (Lipinski definition) is 2. The number of hydrogen-bond acceptors (Lipinski definition) is 3. The fourth-order valence-electron chi connectivity index (χ4n) is 5.24. The van der Waals surface area contributed by atoms with Gasteiger partial charge in [-0.15, -0.1) is 0 Å². The minimum Gasteiger partial charge on any atom is -0.482 e. The van der Waals surface area contributed by atoms with Crippen LogP contribution in [0.4, 0.5) is 0 Å². The summed E-state index contributed by atoms with van der Waals surface area (Å²) < 4.78 is 5.52. The fourth-order valence-corrected chi connectivity index (χ4v) is 5.24. The van der Waals surface area contributed by atoms with Crippen molar-refractivity contribution in [3.63, 3.8) is 0 Å². The van der Waals surface area contributed by atoms with Crippen LogP contribution in [0.25, 0.3) is 0 Å². The summed E-state index contributed by atoms with van der Waals surface area (Å²) in [6.45, 7) is 1.95. The van der Waals surface area contributed by atoms with Gasteiger partial charge in [-0.2, -0.15) is 0 Å². The number of carboxylic acids is 1. The van der Waals surface area contributed by atoms with Crippen LogP contribution in [0.1, 0.15) is 69.4 Å². The van der Waals surface area contributed by atoms with Gasteiger partial charge in [0.2, 0.25) is 0 Å². The minimum atomic E-state index is -0.948. The molecule has 0 aromatic heterocycles. The first-order chi connectivity index (χ1) is 13.1. The van der Waals surface area contributed by atoms with Crippen LogP contribution in [-0.2, 0) is 17.6 Å². The summed E-state index contributed by atoms with van der Waals surface area (Å²) in [5.41, 5.74) is 2.44. The van der Waals surface area contributed by atoms with E-state index in [0.29, 0.717) is 23.5 Å². The molecule has 1 aromatic carbocycles. The molecule has 0 amide bonds. The maximum Gasteiger partial charge on any atom is 0.341 e. The normalized spacial score (nSPS) is 26.4. The molecule has 2 aliphatic carbocycles. The molecular weight excluding hydrogens is 340 g/mol. The lowest BCUT2D eigenvalue weighted by Crippen LogP contribution is -2.27. The average Bonchev–Trinajstić information content (AvgIpc) is 2.95. The molecule has 2 aliphatic rings. The number of unbranched alkanes of at least 4 members (excludes halogenated alkanes) is 5. The lowest BCUT2D eigenvalue weighted by atomic mass is 9.73. The number of rotatable bonds is 10. The molecular formula is C23H34O4. The van der Waals surface area contributed by atoms with E-state index < -0.39 is 5.97 Å². The van der Waals surface area contributed by atoms with Crippen molar-refractivity contribution in [3.8, 4) is 5.75 Å². The molecule has 4 atom stereocenters. The Hall–Kier alpha value is -1.55. The molecule has 2 N–H and O–H groups in total. The van der Waals surface area contributed by atoms with Gasteiger partial charge in [-0.1, -0.05) is 57.6 Å². The van der Waals surface area contributed by atoms with Crippen LogP contribution in [-0.4, -0.2) is 28.9 Å². The van der Waals surface area contributed by atoms with Crippen LogP contribution >= 0.6 is 0 Å². The van der Waals surface area contributed by atoms with Crippen LogP contribution in [0.3, 0.4) is 0 Å². The fraction of sp³-hybridized carbons (Fsp3) is 0.696. The topological polar surface area (TPSA) is 66.8 Å². The van der Waals surface area contributed by atoms with Crippen molar-refractivity contribution in [2.24, 2.45) is 17.8 Å². The molecule has 0 aliphatic heterocycles. The second-order valence-corrected chi connectivity index (χ2v) is 8.43. The van der Waals surface area contributed by atoms with E-state index in [9.17, 15) is 9.90 Å². The Balaban J connectivity index is 1.60. The molecule has 0 heterocycles. The van der Waals surface area contributed by atoms with Gasteiger partial charge in [0.25, 0.3) is 0 Å². The third kappa shape index (κ3) is 5.04. The molecule has 0 bridgehead atoms. The van der Waals surface area contributed by atoms with Crippen LogP contribution in [0, 0.1) is 17.8 Å². The molecule has 4 nitrogen and oxygen atoms in total. The zero-order valence-electron chi connectivity index (χ0n) is 16.5. The first kappa shape index (κ1) is 20.2. The summed E-state index contributed by atoms with van der Waals surface area (Å²) in [7, 11) is 0. The van der Waals surface area contributed by atoms with Crippen molar-refractivity contribution in [1.82, 2.24) is 0 Å². The van der Waals surface area contributed by atoms with Crippen molar-refractivity contribution < 1.29 is 19.7 Å². The quantitative estimate of drug-likeness (QED) is 0.587. The number of carbonyl (C=O) groups is 1. The second kappa shape index (κ2) is 9.59. The molecule has 150 valence electrons. The predicted octanol–water partition coefficient (Wildman–Crippen LogP) is 4.61. The first-order valence-electron chi connectivity index (χ1n) is 10.7. The van der Waals surface area contributed by atoms with E-state index in [1.165, 1.54) is 44.1 Å². The Labute approximate surface area is 162 Å². The lowest BCUT2D eigenvalue weighted by Gasteiger charge is -2.32. The second-order valence-electron chi connectivity index (χ2n) is 8.43. The summed E-state index contributed by atoms with van der Waals surface area (Å²) in [5, 5.41) is 19.6. The van der Waals surface area contributed by atoms with Gasteiger partial charge in [0.05, 0.1) is 6.10 Å². The van der Waals surface area contributed by atoms with Crippen LogP contribution < -0.4 is 4.74 Å². The summed E-state index contributed by atoms with van der Waals surface area (Å²) in [4.78, 5) is 10.8. The van der Waals surface area contributed by atoms with Gasteiger partial charge in [0, 0.05) is 0 Å².